The highest BCUT2D eigenvalue weighted by Crippen LogP contribution is 2.56. The number of primary amides is 1. The number of ketones is 2. The summed E-state index contributed by atoms with van der Waals surface area (Å²) in [4.78, 5) is 40.3. The molecule has 0 spiro atoms. The maximum absolute atomic E-state index is 13.4. The zero-order valence-corrected chi connectivity index (χ0v) is 16.1. The van der Waals surface area contributed by atoms with Crippen LogP contribution in [0.15, 0.2) is 29.0 Å². The number of nitrogens with zero attached hydrogens (tertiary/aromatic N) is 2. The van der Waals surface area contributed by atoms with Crippen LogP contribution in [0.3, 0.4) is 0 Å². The van der Waals surface area contributed by atoms with Crippen molar-refractivity contribution in [3.8, 4) is 5.75 Å². The topological polar surface area (TPSA) is 207 Å². The zero-order valence-electron chi connectivity index (χ0n) is 16.1. The van der Waals surface area contributed by atoms with Crippen LogP contribution in [0.1, 0.15) is 30.4 Å². The third-order valence-electron chi connectivity index (χ3n) is 6.59. The molecule has 31 heavy (non-hydrogen) atoms. The van der Waals surface area contributed by atoms with Crippen molar-refractivity contribution in [2.45, 2.75) is 31.0 Å². The summed E-state index contributed by atoms with van der Waals surface area (Å²) in [5.74, 6) is -9.53. The van der Waals surface area contributed by atoms with Crippen molar-refractivity contribution in [1.29, 1.82) is 5.39 Å². The molecule has 3 aliphatic rings. The Bertz CT molecular complexity index is 1190. The molecule has 1 fully saturated rings. The van der Waals surface area contributed by atoms with E-state index in [9.17, 15) is 39.9 Å². The lowest BCUT2D eigenvalue weighted by atomic mass is 9.55. The lowest BCUT2D eigenvalue weighted by molar-refractivity contribution is -0.160. The number of Topliss-reactive ketones (excluding diaryl/α,β-unsaturated/α-hetero) is 2. The standard InChI is InChI=1S/C20H17N3O8/c1-5-6-2-3-8(23-22)15(26)11(6)16(27)13-10(5)14(25)7-4-9(24)12(19(21)30)17(28)20(7,31)18(13)29/h2-3,5,7,10,14,25,31H,4H2,1H3,(H4-,21,24,26,27,28,29,30)/p+1/t5-,7+,10+,14+,20+/m0/s1. The second-order valence-electron chi connectivity index (χ2n) is 7.98. The molecule has 1 amide bonds. The van der Waals surface area contributed by atoms with Crippen molar-refractivity contribution in [1.82, 2.24) is 0 Å². The van der Waals surface area contributed by atoms with Gasteiger partial charge in [0.2, 0.25) is 16.9 Å². The average Bonchev–Trinajstić information content (AvgIpc) is 2.70. The number of aromatic hydroxyl groups is 1. The first-order valence-corrected chi connectivity index (χ1v) is 9.34. The molecule has 0 heterocycles. The molecule has 0 unspecified atom stereocenters. The number of rotatable bonds is 1. The van der Waals surface area contributed by atoms with Gasteiger partial charge in [-0.2, -0.15) is 0 Å². The lowest BCUT2D eigenvalue weighted by Crippen LogP contribution is -2.63. The predicted octanol–water partition coefficient (Wildman–Crippen LogP) is 0.440. The lowest BCUT2D eigenvalue weighted by Gasteiger charge is -2.50. The molecule has 160 valence electrons. The number of fused-ring (bicyclic) bond motifs is 3. The molecule has 0 aromatic heterocycles. The van der Waals surface area contributed by atoms with Gasteiger partial charge in [-0.05, 0) is 17.5 Å². The van der Waals surface area contributed by atoms with Gasteiger partial charge in [-0.15, -0.1) is 0 Å². The van der Waals surface area contributed by atoms with Gasteiger partial charge in [0.05, 0.1) is 11.7 Å². The summed E-state index contributed by atoms with van der Waals surface area (Å²) in [6, 6.07) is 2.71. The second kappa shape index (κ2) is 6.37. The summed E-state index contributed by atoms with van der Waals surface area (Å²) in [7, 11) is 0. The third-order valence-corrected chi connectivity index (χ3v) is 6.59. The van der Waals surface area contributed by atoms with E-state index < -0.39 is 81.8 Å². The van der Waals surface area contributed by atoms with E-state index >= 15 is 0 Å². The molecule has 11 nitrogen and oxygen atoms in total. The Kier molecular flexibility index (Phi) is 4.22. The fourth-order valence-corrected chi connectivity index (χ4v) is 5.07. The van der Waals surface area contributed by atoms with E-state index in [1.54, 1.807) is 6.92 Å². The number of aliphatic hydroxyl groups is 4. The molecule has 0 bridgehead atoms. The summed E-state index contributed by atoms with van der Waals surface area (Å²) in [6.45, 7) is 1.60. The molecule has 1 aromatic carbocycles. The van der Waals surface area contributed by atoms with Crippen LogP contribution < -0.4 is 5.73 Å². The maximum atomic E-state index is 13.4. The van der Waals surface area contributed by atoms with Crippen LogP contribution in [0.2, 0.25) is 0 Å². The number of hydrogen-bond acceptors (Lipinski definition) is 9. The quantitative estimate of drug-likeness (QED) is 0.270. The fraction of sp³-hybridized carbons (Fsp3) is 0.350. The first-order valence-electron chi connectivity index (χ1n) is 9.34. The number of phenols is 1. The van der Waals surface area contributed by atoms with E-state index in [1.807, 2.05) is 0 Å². The Morgan fingerprint density at radius 3 is 2.48 bits per heavy atom. The van der Waals surface area contributed by atoms with E-state index in [0.29, 0.717) is 5.56 Å². The van der Waals surface area contributed by atoms with Crippen LogP contribution in [-0.2, 0) is 14.4 Å². The summed E-state index contributed by atoms with van der Waals surface area (Å²) >= 11 is 0. The molecule has 7 N–H and O–H groups in total. The maximum Gasteiger partial charge on any atom is 0.426 e. The van der Waals surface area contributed by atoms with Gasteiger partial charge in [0.25, 0.3) is 5.91 Å². The molecule has 0 saturated heterocycles. The van der Waals surface area contributed by atoms with E-state index in [1.165, 1.54) is 12.1 Å². The number of aliphatic hydroxyl groups excluding tert-OH is 3. The van der Waals surface area contributed by atoms with Crippen LogP contribution >= 0.6 is 0 Å². The third kappa shape index (κ3) is 2.34. The van der Waals surface area contributed by atoms with Crippen molar-refractivity contribution in [2.24, 2.45) is 17.6 Å². The average molecular weight is 428 g/mol. The van der Waals surface area contributed by atoms with Crippen molar-refractivity contribution < 1.29 is 39.9 Å². The van der Waals surface area contributed by atoms with Crippen molar-refractivity contribution in [3.05, 3.63) is 45.1 Å². The molecular formula is C20H18N3O8+. The molecule has 1 saturated carbocycles. The van der Waals surface area contributed by atoms with E-state index in [0.717, 1.165) is 0 Å². The van der Waals surface area contributed by atoms with Crippen molar-refractivity contribution in [3.63, 3.8) is 0 Å². The number of hydrogen-bond donors (Lipinski definition) is 6. The van der Waals surface area contributed by atoms with E-state index in [4.69, 9.17) is 11.1 Å². The number of diazo groups is 1. The van der Waals surface area contributed by atoms with Gasteiger partial charge in [0.1, 0.15) is 17.1 Å². The minimum absolute atomic E-state index is 0.234. The molecule has 0 radical (unpaired) electrons. The van der Waals surface area contributed by atoms with Gasteiger partial charge in [0.15, 0.2) is 16.4 Å². The van der Waals surface area contributed by atoms with E-state index in [-0.39, 0.29) is 11.3 Å². The highest BCUT2D eigenvalue weighted by molar-refractivity contribution is 6.23. The number of benzene rings is 1. The number of carbonyl (C=O) groups excluding carboxylic acids is 3. The normalized spacial score (nSPS) is 32.2. The summed E-state index contributed by atoms with van der Waals surface area (Å²) in [5.41, 5.74) is 0.577. The number of amides is 1. The van der Waals surface area contributed by atoms with Crippen LogP contribution in [-0.4, -0.2) is 54.7 Å². The zero-order chi connectivity index (χ0) is 23.0. The fourth-order valence-electron chi connectivity index (χ4n) is 5.07. The first kappa shape index (κ1) is 20.5. The number of nitrogens with two attached hydrogens (primary N) is 1. The molecule has 11 heteroatoms. The summed E-state index contributed by atoms with van der Waals surface area (Å²) in [6.07, 6.45) is -2.23. The van der Waals surface area contributed by atoms with Crippen LogP contribution in [0.25, 0.3) is 10.7 Å². The largest absolute Gasteiger partial charge is 0.508 e. The molecule has 3 aliphatic carbocycles. The summed E-state index contributed by atoms with van der Waals surface area (Å²) < 4.78 is 0. The van der Waals surface area contributed by atoms with Gasteiger partial charge < -0.3 is 31.3 Å². The van der Waals surface area contributed by atoms with Gasteiger partial charge in [-0.3, -0.25) is 14.4 Å². The number of phenolic OH excluding ortho intramolecular Hbond substituents is 1. The highest BCUT2D eigenvalue weighted by atomic mass is 16.4. The highest BCUT2D eigenvalue weighted by Gasteiger charge is 2.65. The molecule has 4 rings (SSSR count). The first-order chi connectivity index (χ1) is 14.5. The monoisotopic (exact) mass is 428 g/mol. The predicted molar refractivity (Wildman–Crippen MR) is 102 cm³/mol. The molecular weight excluding hydrogens is 410 g/mol. The minimum atomic E-state index is -2.89. The Morgan fingerprint density at radius 2 is 1.90 bits per heavy atom. The van der Waals surface area contributed by atoms with Gasteiger partial charge in [0, 0.05) is 29.9 Å². The molecule has 0 aliphatic heterocycles. The smallest absolute Gasteiger partial charge is 0.426 e. The number of carbonyl (C=O) groups is 3. The Hall–Kier alpha value is -3.75. The Labute approximate surface area is 174 Å². The molecule has 1 aromatic rings. The summed E-state index contributed by atoms with van der Waals surface area (Å²) in [5, 5.41) is 63.0. The minimum Gasteiger partial charge on any atom is -0.508 e. The SMILES string of the molecule is C[C@H]1c2ccc([N+]#N)c(O)c2C(O)=C2C(=O)[C@]3(O)C(O)=C(C(N)=O)C(=O)C[C@@H]3[C@@H](O)[C@@H]21. The molecule has 5 atom stereocenters. The van der Waals surface area contributed by atoms with Crippen LogP contribution in [0.4, 0.5) is 5.69 Å². The van der Waals surface area contributed by atoms with Crippen LogP contribution in [0.5, 0.6) is 5.75 Å². The van der Waals surface area contributed by atoms with Gasteiger partial charge in [-0.1, -0.05) is 6.92 Å². The van der Waals surface area contributed by atoms with E-state index in [2.05, 4.69) is 4.98 Å². The van der Waals surface area contributed by atoms with Crippen molar-refractivity contribution in [2.75, 3.05) is 0 Å². The van der Waals surface area contributed by atoms with Gasteiger partial charge in [-0.25, -0.2) is 0 Å². The second-order valence-corrected chi connectivity index (χ2v) is 7.98. The van der Waals surface area contributed by atoms with Crippen LogP contribution in [0, 0.1) is 17.2 Å². The van der Waals surface area contributed by atoms with Crippen molar-refractivity contribution >= 4 is 28.9 Å². The Morgan fingerprint density at radius 1 is 1.26 bits per heavy atom. The Balaban J connectivity index is 2.03. The van der Waals surface area contributed by atoms with Gasteiger partial charge >= 0.3 is 5.69 Å².